The summed E-state index contributed by atoms with van der Waals surface area (Å²) in [4.78, 5) is 42.5. The number of thiazole rings is 1. The van der Waals surface area contributed by atoms with E-state index < -0.39 is 0 Å². The summed E-state index contributed by atoms with van der Waals surface area (Å²) in [6, 6.07) is 5.79. The summed E-state index contributed by atoms with van der Waals surface area (Å²) in [5, 5.41) is 8.62. The molecule has 2 fully saturated rings. The van der Waals surface area contributed by atoms with Gasteiger partial charge in [0.2, 0.25) is 17.7 Å². The van der Waals surface area contributed by atoms with Gasteiger partial charge >= 0.3 is 0 Å². The molecular weight excluding hydrogens is 410 g/mol. The standard InChI is InChI=1S/C19H23N5O3S2/c1-24-5-4-13(9-24)21-17(26)10-28-19-23-14-3-2-12(7-15(14)29-19)22-18(27)11-6-16(25)20-8-11/h2-3,7,11,13H,4-6,8-10H2,1H3,(H,20,25)(H,21,26)(H,22,27)/t11-,13?/m0/s1. The molecule has 0 radical (unpaired) electrons. The predicted octanol–water partition coefficient (Wildman–Crippen LogP) is 1.28. The Kier molecular flexibility index (Phi) is 6.02. The van der Waals surface area contributed by atoms with Crippen molar-refractivity contribution < 1.29 is 14.4 Å². The van der Waals surface area contributed by atoms with E-state index in [-0.39, 0.29) is 36.1 Å². The highest BCUT2D eigenvalue weighted by molar-refractivity contribution is 8.01. The van der Waals surface area contributed by atoms with Crippen LogP contribution in [-0.2, 0) is 14.4 Å². The normalized spacial score (nSPS) is 22.0. The highest BCUT2D eigenvalue weighted by atomic mass is 32.2. The second-order valence-corrected chi connectivity index (χ2v) is 9.71. The Labute approximate surface area is 176 Å². The number of likely N-dealkylation sites (N-methyl/N-ethyl adjacent to an activating group) is 1. The second-order valence-electron chi connectivity index (χ2n) is 7.46. The minimum absolute atomic E-state index is 0.0298. The molecule has 0 bridgehead atoms. The number of benzene rings is 1. The van der Waals surface area contributed by atoms with E-state index in [9.17, 15) is 14.4 Å². The molecule has 3 amide bonds. The quantitative estimate of drug-likeness (QED) is 0.593. The molecule has 1 unspecified atom stereocenters. The zero-order valence-corrected chi connectivity index (χ0v) is 17.7. The lowest BCUT2D eigenvalue weighted by Gasteiger charge is -2.12. The Morgan fingerprint density at radius 3 is 3.00 bits per heavy atom. The van der Waals surface area contributed by atoms with E-state index in [2.05, 4.69) is 32.9 Å². The summed E-state index contributed by atoms with van der Waals surface area (Å²) in [6.07, 6.45) is 1.22. The van der Waals surface area contributed by atoms with Crippen LogP contribution in [0.25, 0.3) is 10.2 Å². The van der Waals surface area contributed by atoms with Gasteiger partial charge in [-0.15, -0.1) is 11.3 Å². The number of thioether (sulfide) groups is 1. The van der Waals surface area contributed by atoms with Crippen molar-refractivity contribution in [2.75, 3.05) is 37.8 Å². The molecule has 4 rings (SSSR count). The Morgan fingerprint density at radius 1 is 1.41 bits per heavy atom. The molecule has 0 spiro atoms. The number of carbonyl (C=O) groups excluding carboxylic acids is 3. The minimum atomic E-state index is -0.330. The van der Waals surface area contributed by atoms with Gasteiger partial charge in [0, 0.05) is 31.2 Å². The van der Waals surface area contributed by atoms with E-state index >= 15 is 0 Å². The maximum absolute atomic E-state index is 12.3. The van der Waals surface area contributed by atoms with E-state index in [4.69, 9.17) is 0 Å². The van der Waals surface area contributed by atoms with E-state index in [1.807, 2.05) is 18.2 Å². The SMILES string of the molecule is CN1CCC(NC(=O)CSc2nc3ccc(NC(=O)[C@@H]4CNC(=O)C4)cc3s2)C1. The monoisotopic (exact) mass is 433 g/mol. The van der Waals surface area contributed by atoms with Gasteiger partial charge in [-0.1, -0.05) is 11.8 Å². The van der Waals surface area contributed by atoms with Gasteiger partial charge in [0.15, 0.2) is 4.34 Å². The molecule has 1 aromatic heterocycles. The second kappa shape index (κ2) is 8.68. The number of nitrogens with one attached hydrogen (secondary N) is 3. The summed E-state index contributed by atoms with van der Waals surface area (Å²) >= 11 is 2.93. The van der Waals surface area contributed by atoms with Gasteiger partial charge in [0.1, 0.15) is 0 Å². The van der Waals surface area contributed by atoms with Crippen LogP contribution in [0.1, 0.15) is 12.8 Å². The summed E-state index contributed by atoms with van der Waals surface area (Å²) in [5.41, 5.74) is 1.52. The van der Waals surface area contributed by atoms with Crippen LogP contribution in [0.2, 0.25) is 0 Å². The van der Waals surface area contributed by atoms with Crippen molar-refractivity contribution in [3.63, 3.8) is 0 Å². The molecule has 2 aromatic rings. The van der Waals surface area contributed by atoms with Crippen molar-refractivity contribution in [3.8, 4) is 0 Å². The van der Waals surface area contributed by atoms with Crippen molar-refractivity contribution >= 4 is 56.7 Å². The molecule has 2 aliphatic heterocycles. The number of hydrogen-bond acceptors (Lipinski definition) is 7. The first kappa shape index (κ1) is 20.1. The molecule has 10 heteroatoms. The number of aromatic nitrogens is 1. The van der Waals surface area contributed by atoms with Gasteiger partial charge in [-0.25, -0.2) is 4.98 Å². The number of carbonyl (C=O) groups is 3. The molecule has 1 aromatic carbocycles. The van der Waals surface area contributed by atoms with E-state index in [0.29, 0.717) is 18.0 Å². The van der Waals surface area contributed by atoms with Crippen LogP contribution in [0.5, 0.6) is 0 Å². The molecule has 3 N–H and O–H groups in total. The number of hydrogen-bond donors (Lipinski definition) is 3. The Bertz CT molecular complexity index is 947. The fraction of sp³-hybridized carbons (Fsp3) is 0.474. The molecule has 8 nitrogen and oxygen atoms in total. The summed E-state index contributed by atoms with van der Waals surface area (Å²) in [5.74, 6) is -0.206. The van der Waals surface area contributed by atoms with Gasteiger partial charge in [-0.3, -0.25) is 14.4 Å². The highest BCUT2D eigenvalue weighted by Crippen LogP contribution is 2.31. The van der Waals surface area contributed by atoms with Gasteiger partial charge < -0.3 is 20.9 Å². The summed E-state index contributed by atoms with van der Waals surface area (Å²) in [7, 11) is 2.06. The lowest BCUT2D eigenvalue weighted by molar-refractivity contribution is -0.123. The van der Waals surface area contributed by atoms with Crippen molar-refractivity contribution in [3.05, 3.63) is 18.2 Å². The number of amides is 3. The van der Waals surface area contributed by atoms with Gasteiger partial charge in [0.05, 0.1) is 21.9 Å². The molecule has 2 saturated heterocycles. The molecule has 2 aliphatic rings. The molecule has 0 aliphatic carbocycles. The molecule has 154 valence electrons. The lowest BCUT2D eigenvalue weighted by Crippen LogP contribution is -2.37. The van der Waals surface area contributed by atoms with Crippen LogP contribution < -0.4 is 16.0 Å². The van der Waals surface area contributed by atoms with Gasteiger partial charge in [-0.05, 0) is 38.2 Å². The predicted molar refractivity (Wildman–Crippen MR) is 114 cm³/mol. The average Bonchev–Trinajstić information content (AvgIpc) is 3.39. The lowest BCUT2D eigenvalue weighted by atomic mass is 10.1. The zero-order chi connectivity index (χ0) is 20.4. The highest BCUT2D eigenvalue weighted by Gasteiger charge is 2.28. The third-order valence-corrected chi connectivity index (χ3v) is 7.23. The number of rotatable bonds is 6. The van der Waals surface area contributed by atoms with Gasteiger partial charge in [0.25, 0.3) is 0 Å². The number of likely N-dealkylation sites (tertiary alicyclic amines) is 1. The van der Waals surface area contributed by atoms with E-state index in [0.717, 1.165) is 34.1 Å². The maximum atomic E-state index is 12.3. The van der Waals surface area contributed by atoms with Crippen molar-refractivity contribution in [1.82, 2.24) is 20.5 Å². The third-order valence-electron chi connectivity index (χ3n) is 5.07. The minimum Gasteiger partial charge on any atom is -0.355 e. The summed E-state index contributed by atoms with van der Waals surface area (Å²) < 4.78 is 1.77. The van der Waals surface area contributed by atoms with Crippen molar-refractivity contribution in [2.45, 2.75) is 23.2 Å². The van der Waals surface area contributed by atoms with Crippen LogP contribution >= 0.6 is 23.1 Å². The van der Waals surface area contributed by atoms with E-state index in [1.165, 1.54) is 23.1 Å². The first-order valence-electron chi connectivity index (χ1n) is 9.55. The van der Waals surface area contributed by atoms with Crippen LogP contribution in [0.15, 0.2) is 22.5 Å². The van der Waals surface area contributed by atoms with Crippen LogP contribution in [0, 0.1) is 5.92 Å². The van der Waals surface area contributed by atoms with Crippen LogP contribution in [-0.4, -0.2) is 66.1 Å². The Hall–Kier alpha value is -2.17. The molecular formula is C19H23N5O3S2. The zero-order valence-electron chi connectivity index (χ0n) is 16.1. The summed E-state index contributed by atoms with van der Waals surface area (Å²) in [6.45, 7) is 2.30. The molecule has 2 atom stereocenters. The molecule has 0 saturated carbocycles. The average molecular weight is 434 g/mol. The Balaban J connectivity index is 1.32. The Morgan fingerprint density at radius 2 is 2.28 bits per heavy atom. The largest absolute Gasteiger partial charge is 0.355 e. The fourth-order valence-electron chi connectivity index (χ4n) is 3.53. The first-order valence-corrected chi connectivity index (χ1v) is 11.4. The number of nitrogens with zero attached hydrogens (tertiary/aromatic N) is 2. The molecule has 3 heterocycles. The van der Waals surface area contributed by atoms with Crippen molar-refractivity contribution in [2.24, 2.45) is 5.92 Å². The van der Waals surface area contributed by atoms with Crippen LogP contribution in [0.3, 0.4) is 0 Å². The number of fused-ring (bicyclic) bond motifs is 1. The van der Waals surface area contributed by atoms with Gasteiger partial charge in [-0.2, -0.15) is 0 Å². The topological polar surface area (TPSA) is 103 Å². The first-order chi connectivity index (χ1) is 14.0. The fourth-order valence-corrected chi connectivity index (χ4v) is 5.45. The van der Waals surface area contributed by atoms with E-state index in [1.54, 1.807) is 0 Å². The number of anilines is 1. The van der Waals surface area contributed by atoms with Crippen LogP contribution in [0.4, 0.5) is 5.69 Å². The molecule has 29 heavy (non-hydrogen) atoms. The van der Waals surface area contributed by atoms with Crippen molar-refractivity contribution in [1.29, 1.82) is 0 Å². The maximum Gasteiger partial charge on any atom is 0.230 e. The smallest absolute Gasteiger partial charge is 0.230 e. The third kappa shape index (κ3) is 5.06.